The van der Waals surface area contributed by atoms with E-state index in [1.54, 1.807) is 20.2 Å². The van der Waals surface area contributed by atoms with E-state index in [9.17, 15) is 13.2 Å². The molecule has 0 radical (unpaired) electrons. The summed E-state index contributed by atoms with van der Waals surface area (Å²) in [6.45, 7) is 0.687. The van der Waals surface area contributed by atoms with E-state index >= 15 is 0 Å². The lowest BCUT2D eigenvalue weighted by Crippen LogP contribution is -2.26. The van der Waals surface area contributed by atoms with Gasteiger partial charge >= 0.3 is 5.69 Å². The Hall–Kier alpha value is -0.870. The van der Waals surface area contributed by atoms with Crippen LogP contribution in [0.2, 0.25) is 0 Å². The predicted molar refractivity (Wildman–Crippen MR) is 92.0 cm³/mol. The quantitative estimate of drug-likeness (QED) is 0.704. The fourth-order valence-electron chi connectivity index (χ4n) is 2.09. The Bertz CT molecular complexity index is 844. The third-order valence-electron chi connectivity index (χ3n) is 3.29. The van der Waals surface area contributed by atoms with Gasteiger partial charge in [0.15, 0.2) is 0 Å². The number of imidazole rings is 1. The van der Waals surface area contributed by atoms with Crippen LogP contribution < -0.4 is 16.1 Å². The second-order valence-electron chi connectivity index (χ2n) is 4.71. The van der Waals surface area contributed by atoms with Crippen molar-refractivity contribution in [2.75, 3.05) is 13.1 Å². The fourth-order valence-corrected chi connectivity index (χ4v) is 4.21. The lowest BCUT2D eigenvalue weighted by molar-refractivity contribution is 0.579. The maximum atomic E-state index is 12.3. The van der Waals surface area contributed by atoms with Crippen molar-refractivity contribution in [2.45, 2.75) is 11.3 Å². The topological polar surface area (TPSA) is 99.1 Å². The summed E-state index contributed by atoms with van der Waals surface area (Å²) in [5, 5.41) is 0. The molecule has 0 aliphatic carbocycles. The van der Waals surface area contributed by atoms with Gasteiger partial charge in [-0.2, -0.15) is 0 Å². The van der Waals surface area contributed by atoms with Gasteiger partial charge < -0.3 is 5.73 Å². The SMILES string of the molecule is Cl.Cn1c(=O)n(C)c2cc(S(=O)(=O)NCCCN)c(Br)cc21. The Morgan fingerprint density at radius 2 is 1.77 bits per heavy atom. The first-order chi connectivity index (χ1) is 9.79. The highest BCUT2D eigenvalue weighted by Crippen LogP contribution is 2.27. The molecular weight excluding hydrogens is 396 g/mol. The number of rotatable bonds is 5. The first-order valence-corrected chi connectivity index (χ1v) is 8.62. The molecule has 22 heavy (non-hydrogen) atoms. The zero-order chi connectivity index (χ0) is 15.8. The highest BCUT2D eigenvalue weighted by atomic mass is 79.9. The van der Waals surface area contributed by atoms with Gasteiger partial charge in [0.1, 0.15) is 0 Å². The van der Waals surface area contributed by atoms with Gasteiger partial charge in [0, 0.05) is 25.1 Å². The number of fused-ring (bicyclic) bond motifs is 1. The van der Waals surface area contributed by atoms with Gasteiger partial charge in [-0.05, 0) is 41.0 Å². The van der Waals surface area contributed by atoms with Crippen molar-refractivity contribution in [1.29, 1.82) is 0 Å². The molecule has 0 saturated carbocycles. The Labute approximate surface area is 143 Å². The van der Waals surface area contributed by atoms with Crippen LogP contribution in [0, 0.1) is 0 Å². The minimum absolute atomic E-state index is 0. The van der Waals surface area contributed by atoms with E-state index in [0.717, 1.165) is 0 Å². The van der Waals surface area contributed by atoms with Crippen molar-refractivity contribution < 1.29 is 8.42 Å². The Kier molecular flexibility index (Phi) is 6.22. The minimum atomic E-state index is -3.65. The van der Waals surface area contributed by atoms with E-state index in [1.807, 2.05) is 0 Å². The molecule has 3 N–H and O–H groups in total. The molecule has 0 aliphatic heterocycles. The third-order valence-corrected chi connectivity index (χ3v) is 5.71. The first kappa shape index (κ1) is 19.2. The number of sulfonamides is 1. The smallest absolute Gasteiger partial charge is 0.328 e. The third kappa shape index (κ3) is 3.38. The summed E-state index contributed by atoms with van der Waals surface area (Å²) in [5.41, 5.74) is 6.37. The van der Waals surface area contributed by atoms with Gasteiger partial charge in [-0.3, -0.25) is 9.13 Å². The molecule has 0 fully saturated rings. The average Bonchev–Trinajstić information content (AvgIpc) is 2.63. The van der Waals surface area contributed by atoms with E-state index in [4.69, 9.17) is 5.73 Å². The second kappa shape index (κ2) is 7.14. The molecule has 0 bridgehead atoms. The molecule has 2 aromatic rings. The molecule has 124 valence electrons. The predicted octanol–water partition coefficient (Wildman–Crippen LogP) is 0.688. The summed E-state index contributed by atoms with van der Waals surface area (Å²) in [5.74, 6) is 0. The van der Waals surface area contributed by atoms with Crippen LogP contribution in [-0.4, -0.2) is 30.6 Å². The number of aryl methyl sites for hydroxylation is 2. The van der Waals surface area contributed by atoms with E-state index in [1.165, 1.54) is 15.2 Å². The second-order valence-corrected chi connectivity index (χ2v) is 7.30. The van der Waals surface area contributed by atoms with Crippen molar-refractivity contribution in [3.63, 3.8) is 0 Å². The Morgan fingerprint density at radius 1 is 1.23 bits per heavy atom. The fraction of sp³-hybridized carbons (Fsp3) is 0.417. The maximum Gasteiger partial charge on any atom is 0.328 e. The van der Waals surface area contributed by atoms with Crippen LogP contribution in [0.25, 0.3) is 11.0 Å². The zero-order valence-electron chi connectivity index (χ0n) is 12.2. The van der Waals surface area contributed by atoms with Crippen molar-refractivity contribution >= 4 is 49.4 Å². The summed E-state index contributed by atoms with van der Waals surface area (Å²) in [7, 11) is -0.400. The molecule has 7 nitrogen and oxygen atoms in total. The number of nitrogens with zero attached hydrogens (tertiary/aromatic N) is 2. The van der Waals surface area contributed by atoms with Crippen LogP contribution in [0.1, 0.15) is 6.42 Å². The van der Waals surface area contributed by atoms with Gasteiger partial charge in [-0.25, -0.2) is 17.9 Å². The lowest BCUT2D eigenvalue weighted by atomic mass is 10.3. The average molecular weight is 414 g/mol. The summed E-state index contributed by atoms with van der Waals surface area (Å²) in [6, 6.07) is 3.12. The molecule has 1 aromatic carbocycles. The molecule has 1 aromatic heterocycles. The van der Waals surface area contributed by atoms with Gasteiger partial charge in [-0.1, -0.05) is 0 Å². The van der Waals surface area contributed by atoms with Crippen molar-refractivity contribution in [3.05, 3.63) is 27.1 Å². The normalized spacial score (nSPS) is 11.6. The summed E-state index contributed by atoms with van der Waals surface area (Å²) in [4.78, 5) is 12.0. The van der Waals surface area contributed by atoms with Crippen molar-refractivity contribution in [1.82, 2.24) is 13.9 Å². The first-order valence-electron chi connectivity index (χ1n) is 6.34. The maximum absolute atomic E-state index is 12.3. The van der Waals surface area contributed by atoms with Crippen LogP contribution in [0.5, 0.6) is 0 Å². The lowest BCUT2D eigenvalue weighted by Gasteiger charge is -2.09. The van der Waals surface area contributed by atoms with Crippen molar-refractivity contribution in [2.24, 2.45) is 19.8 Å². The Balaban J connectivity index is 0.00000242. The van der Waals surface area contributed by atoms with Gasteiger partial charge in [0.25, 0.3) is 0 Å². The van der Waals surface area contributed by atoms with Gasteiger partial charge in [0.2, 0.25) is 10.0 Å². The van der Waals surface area contributed by atoms with E-state index < -0.39 is 10.0 Å². The van der Waals surface area contributed by atoms with Crippen molar-refractivity contribution in [3.8, 4) is 0 Å². The number of halogens is 2. The molecule has 0 saturated heterocycles. The number of hydrogen-bond acceptors (Lipinski definition) is 4. The van der Waals surface area contributed by atoms with E-state index in [2.05, 4.69) is 20.7 Å². The highest BCUT2D eigenvalue weighted by Gasteiger charge is 2.20. The number of nitrogens with one attached hydrogen (secondary N) is 1. The number of aromatic nitrogens is 2. The van der Waals surface area contributed by atoms with Crippen LogP contribution in [0.4, 0.5) is 0 Å². The largest absolute Gasteiger partial charge is 0.330 e. The number of hydrogen-bond donors (Lipinski definition) is 2. The molecule has 2 rings (SSSR count). The number of benzene rings is 1. The highest BCUT2D eigenvalue weighted by molar-refractivity contribution is 9.10. The molecule has 0 spiro atoms. The van der Waals surface area contributed by atoms with Crippen LogP contribution >= 0.6 is 28.3 Å². The standard InChI is InChI=1S/C12H17BrN4O3S.ClH/c1-16-9-6-8(13)11(7-10(9)17(2)12(16)18)21(19,20)15-5-3-4-14;/h6-7,15H,3-5,14H2,1-2H3;1H. The molecule has 10 heteroatoms. The van der Waals surface area contributed by atoms with Crippen LogP contribution in [-0.2, 0) is 24.1 Å². The van der Waals surface area contributed by atoms with Gasteiger partial charge in [0.05, 0.1) is 15.9 Å². The zero-order valence-corrected chi connectivity index (χ0v) is 15.4. The van der Waals surface area contributed by atoms with E-state index in [0.29, 0.717) is 28.5 Å². The minimum Gasteiger partial charge on any atom is -0.330 e. The summed E-state index contributed by atoms with van der Waals surface area (Å²) >= 11 is 3.26. The van der Waals surface area contributed by atoms with Gasteiger partial charge in [-0.15, -0.1) is 12.4 Å². The summed E-state index contributed by atoms with van der Waals surface area (Å²) < 4.78 is 30.4. The molecule has 0 atom stereocenters. The van der Waals surface area contributed by atoms with Crippen LogP contribution in [0.3, 0.4) is 0 Å². The monoisotopic (exact) mass is 412 g/mol. The molecular formula is C12H18BrClN4O3S. The molecule has 0 amide bonds. The molecule has 0 aliphatic rings. The Morgan fingerprint density at radius 3 is 2.32 bits per heavy atom. The summed E-state index contributed by atoms with van der Waals surface area (Å²) in [6.07, 6.45) is 0.558. The van der Waals surface area contributed by atoms with E-state index in [-0.39, 0.29) is 29.5 Å². The molecule has 0 unspecified atom stereocenters. The number of nitrogens with two attached hydrogens (primary N) is 1. The molecule has 1 heterocycles. The van der Waals surface area contributed by atoms with Crippen LogP contribution in [0.15, 0.2) is 26.3 Å².